The third kappa shape index (κ3) is 2.79. The summed E-state index contributed by atoms with van der Waals surface area (Å²) in [6.45, 7) is 12.1. The summed E-state index contributed by atoms with van der Waals surface area (Å²) in [5, 5.41) is 0. The van der Waals surface area contributed by atoms with E-state index in [2.05, 4.69) is 45.2 Å². The molecular formula is C17H21N. The number of aliphatic imine (C=N–C) groups is 1. The molecule has 0 aromatic heterocycles. The van der Waals surface area contributed by atoms with Crippen LogP contribution in [0.5, 0.6) is 0 Å². The highest BCUT2D eigenvalue weighted by Gasteiger charge is 2.18. The lowest BCUT2D eigenvalue weighted by Gasteiger charge is -2.12. The molecule has 1 aliphatic heterocycles. The van der Waals surface area contributed by atoms with Gasteiger partial charge >= 0.3 is 0 Å². The average molecular weight is 239 g/mol. The first-order valence-electron chi connectivity index (χ1n) is 6.55. The van der Waals surface area contributed by atoms with Gasteiger partial charge < -0.3 is 0 Å². The fraction of sp³-hybridized carbons (Fsp3) is 0.353. The molecule has 1 heteroatoms. The SMILES string of the molecule is C=CC(=C)CC1=C(C)N=C(C2=CCC(C)C=C2)C1. The quantitative estimate of drug-likeness (QED) is 0.627. The second kappa shape index (κ2) is 5.34. The third-order valence-corrected chi connectivity index (χ3v) is 3.57. The van der Waals surface area contributed by atoms with Crippen molar-refractivity contribution in [1.29, 1.82) is 0 Å². The molecule has 2 aliphatic rings. The van der Waals surface area contributed by atoms with Gasteiger partial charge in [-0.1, -0.05) is 50.0 Å². The monoisotopic (exact) mass is 239 g/mol. The molecule has 0 spiro atoms. The van der Waals surface area contributed by atoms with Gasteiger partial charge in [-0.05, 0) is 36.8 Å². The fourth-order valence-corrected chi connectivity index (χ4v) is 2.30. The van der Waals surface area contributed by atoms with Crippen molar-refractivity contribution < 1.29 is 0 Å². The zero-order valence-electron chi connectivity index (χ0n) is 11.4. The van der Waals surface area contributed by atoms with Crippen LogP contribution in [0.25, 0.3) is 0 Å². The van der Waals surface area contributed by atoms with E-state index in [0.717, 1.165) is 30.5 Å². The maximum atomic E-state index is 4.71. The summed E-state index contributed by atoms with van der Waals surface area (Å²) in [5.74, 6) is 0.657. The predicted octanol–water partition coefficient (Wildman–Crippen LogP) is 4.76. The molecule has 1 heterocycles. The van der Waals surface area contributed by atoms with Gasteiger partial charge in [0.2, 0.25) is 0 Å². The van der Waals surface area contributed by atoms with Crippen molar-refractivity contribution in [2.75, 3.05) is 0 Å². The topological polar surface area (TPSA) is 12.4 Å². The normalized spacial score (nSPS) is 22.9. The lowest BCUT2D eigenvalue weighted by Crippen LogP contribution is -2.04. The molecule has 94 valence electrons. The summed E-state index contributed by atoms with van der Waals surface area (Å²) in [6, 6.07) is 0. The standard InChI is InChI=1S/C17H21N/c1-5-12(2)10-16-11-17(18-14(16)4)15-8-6-13(3)7-9-15/h5-6,8-9,13H,1-2,7,10-11H2,3-4H3. The fourth-order valence-electron chi connectivity index (χ4n) is 2.30. The Morgan fingerprint density at radius 3 is 2.94 bits per heavy atom. The highest BCUT2D eigenvalue weighted by atomic mass is 14.8. The van der Waals surface area contributed by atoms with E-state index in [-0.39, 0.29) is 0 Å². The molecule has 0 fully saturated rings. The van der Waals surface area contributed by atoms with Crippen LogP contribution in [-0.4, -0.2) is 5.71 Å². The van der Waals surface area contributed by atoms with Gasteiger partial charge in [0, 0.05) is 12.1 Å². The molecule has 2 rings (SSSR count). The van der Waals surface area contributed by atoms with Gasteiger partial charge in [0.15, 0.2) is 0 Å². The van der Waals surface area contributed by atoms with Crippen LogP contribution >= 0.6 is 0 Å². The van der Waals surface area contributed by atoms with E-state index in [1.165, 1.54) is 16.9 Å². The molecule has 1 nitrogen and oxygen atoms in total. The minimum absolute atomic E-state index is 0.657. The highest BCUT2D eigenvalue weighted by molar-refractivity contribution is 6.06. The molecule has 0 bridgehead atoms. The minimum Gasteiger partial charge on any atom is -0.257 e. The highest BCUT2D eigenvalue weighted by Crippen LogP contribution is 2.29. The zero-order chi connectivity index (χ0) is 13.1. The van der Waals surface area contributed by atoms with Gasteiger partial charge in [-0.15, -0.1) is 0 Å². The van der Waals surface area contributed by atoms with Crippen LogP contribution in [0.4, 0.5) is 0 Å². The van der Waals surface area contributed by atoms with Crippen LogP contribution in [0.1, 0.15) is 33.1 Å². The second-order valence-corrected chi connectivity index (χ2v) is 5.19. The lowest BCUT2D eigenvalue weighted by molar-refractivity contribution is 0.734. The first-order chi connectivity index (χ1) is 8.60. The molecule has 0 N–H and O–H groups in total. The number of rotatable bonds is 4. The Kier molecular flexibility index (Phi) is 3.81. The average Bonchev–Trinajstić information content (AvgIpc) is 2.71. The van der Waals surface area contributed by atoms with Crippen molar-refractivity contribution in [3.05, 3.63) is 59.9 Å². The van der Waals surface area contributed by atoms with Crippen LogP contribution in [-0.2, 0) is 0 Å². The van der Waals surface area contributed by atoms with E-state index in [9.17, 15) is 0 Å². The van der Waals surface area contributed by atoms with Gasteiger partial charge in [0.05, 0.1) is 5.71 Å². The van der Waals surface area contributed by atoms with E-state index in [0.29, 0.717) is 5.92 Å². The first kappa shape index (κ1) is 12.8. The van der Waals surface area contributed by atoms with Crippen LogP contribution in [0.15, 0.2) is 64.9 Å². The third-order valence-electron chi connectivity index (χ3n) is 3.57. The van der Waals surface area contributed by atoms with Gasteiger partial charge in [-0.3, -0.25) is 4.99 Å². The van der Waals surface area contributed by atoms with E-state index in [1.54, 1.807) is 0 Å². The number of allylic oxidation sites excluding steroid dienone is 8. The Morgan fingerprint density at radius 2 is 2.33 bits per heavy atom. The smallest absolute Gasteiger partial charge is 0.0517 e. The molecule has 0 saturated heterocycles. The van der Waals surface area contributed by atoms with E-state index in [1.807, 2.05) is 6.08 Å². The number of hydrogen-bond acceptors (Lipinski definition) is 1. The molecule has 0 radical (unpaired) electrons. The Morgan fingerprint density at radius 1 is 1.56 bits per heavy atom. The van der Waals surface area contributed by atoms with Gasteiger partial charge in [0.25, 0.3) is 0 Å². The van der Waals surface area contributed by atoms with Crippen molar-refractivity contribution in [3.63, 3.8) is 0 Å². The van der Waals surface area contributed by atoms with E-state index in [4.69, 9.17) is 4.99 Å². The van der Waals surface area contributed by atoms with Crippen molar-refractivity contribution in [2.24, 2.45) is 10.9 Å². The molecule has 18 heavy (non-hydrogen) atoms. The molecule has 1 atom stereocenters. The van der Waals surface area contributed by atoms with E-state index < -0.39 is 0 Å². The van der Waals surface area contributed by atoms with Crippen molar-refractivity contribution in [1.82, 2.24) is 0 Å². The summed E-state index contributed by atoms with van der Waals surface area (Å²) in [7, 11) is 0. The van der Waals surface area contributed by atoms with Crippen LogP contribution in [0.2, 0.25) is 0 Å². The summed E-state index contributed by atoms with van der Waals surface area (Å²) in [5.41, 5.74) is 6.11. The van der Waals surface area contributed by atoms with Gasteiger partial charge in [-0.2, -0.15) is 0 Å². The first-order valence-corrected chi connectivity index (χ1v) is 6.55. The van der Waals surface area contributed by atoms with Crippen molar-refractivity contribution >= 4 is 5.71 Å². The van der Waals surface area contributed by atoms with Crippen LogP contribution < -0.4 is 0 Å². The number of hydrogen-bond donors (Lipinski definition) is 0. The molecule has 0 amide bonds. The van der Waals surface area contributed by atoms with Crippen LogP contribution in [0, 0.1) is 5.92 Å². The molecular weight excluding hydrogens is 218 g/mol. The lowest BCUT2D eigenvalue weighted by atomic mass is 9.93. The van der Waals surface area contributed by atoms with Gasteiger partial charge in [-0.25, -0.2) is 0 Å². The van der Waals surface area contributed by atoms with Crippen molar-refractivity contribution in [2.45, 2.75) is 33.1 Å². The van der Waals surface area contributed by atoms with Crippen LogP contribution in [0.3, 0.4) is 0 Å². The number of nitrogens with zero attached hydrogens (tertiary/aromatic N) is 1. The maximum Gasteiger partial charge on any atom is 0.0517 e. The predicted molar refractivity (Wildman–Crippen MR) is 79.7 cm³/mol. The summed E-state index contributed by atoms with van der Waals surface area (Å²) >= 11 is 0. The van der Waals surface area contributed by atoms with E-state index >= 15 is 0 Å². The minimum atomic E-state index is 0.657. The summed E-state index contributed by atoms with van der Waals surface area (Å²) in [6.07, 6.45) is 11.6. The summed E-state index contributed by atoms with van der Waals surface area (Å²) in [4.78, 5) is 4.71. The Bertz CT molecular complexity index is 498. The maximum absolute atomic E-state index is 4.71. The zero-order valence-corrected chi connectivity index (χ0v) is 11.4. The Labute approximate surface area is 110 Å². The summed E-state index contributed by atoms with van der Waals surface area (Å²) < 4.78 is 0. The second-order valence-electron chi connectivity index (χ2n) is 5.19. The molecule has 0 aromatic rings. The molecule has 0 aromatic carbocycles. The molecule has 1 aliphatic carbocycles. The largest absolute Gasteiger partial charge is 0.257 e. The molecule has 1 unspecified atom stereocenters. The molecule has 0 saturated carbocycles. The Balaban J connectivity index is 2.05. The van der Waals surface area contributed by atoms with Crippen molar-refractivity contribution in [3.8, 4) is 0 Å². The van der Waals surface area contributed by atoms with Gasteiger partial charge in [0.1, 0.15) is 0 Å². The Hall–Kier alpha value is -1.63.